The average Bonchev–Trinajstić information content (AvgIpc) is 3.08. The van der Waals surface area contributed by atoms with Gasteiger partial charge in [0.05, 0.1) is 33.6 Å². The summed E-state index contributed by atoms with van der Waals surface area (Å²) >= 11 is 0. The van der Waals surface area contributed by atoms with E-state index in [0.29, 0.717) is 11.5 Å². The molecule has 0 radical (unpaired) electrons. The van der Waals surface area contributed by atoms with Crippen LogP contribution in [0.5, 0.6) is 11.5 Å². The van der Waals surface area contributed by atoms with E-state index in [1.165, 1.54) is 18.0 Å². The van der Waals surface area contributed by atoms with Crippen LogP contribution >= 0.6 is 0 Å². The number of nitrogens with zero attached hydrogens (tertiary/aromatic N) is 3. The summed E-state index contributed by atoms with van der Waals surface area (Å²) < 4.78 is 16.3. The maximum Gasteiger partial charge on any atom is 0.360 e. The summed E-state index contributed by atoms with van der Waals surface area (Å²) in [6.45, 7) is 1.75. The Bertz CT molecular complexity index is 759. The first-order chi connectivity index (χ1) is 12.0. The number of benzene rings is 1. The molecule has 0 aliphatic carbocycles. The molecule has 0 bridgehead atoms. The molecule has 1 heterocycles. The van der Waals surface area contributed by atoms with E-state index < -0.39 is 5.97 Å². The summed E-state index contributed by atoms with van der Waals surface area (Å²) in [6.07, 6.45) is 1.35. The molecular formula is C16H20N4O5. The highest BCUT2D eigenvalue weighted by molar-refractivity contribution is 5.86. The van der Waals surface area contributed by atoms with Crippen molar-refractivity contribution in [2.75, 3.05) is 21.3 Å². The third-order valence-corrected chi connectivity index (χ3v) is 3.52. The van der Waals surface area contributed by atoms with Gasteiger partial charge in [0.15, 0.2) is 5.69 Å². The van der Waals surface area contributed by atoms with Gasteiger partial charge in [0.1, 0.15) is 18.0 Å². The molecule has 0 saturated heterocycles. The van der Waals surface area contributed by atoms with Crippen LogP contribution in [0.1, 0.15) is 29.0 Å². The number of carbonyl (C=O) groups is 2. The zero-order chi connectivity index (χ0) is 18.4. The van der Waals surface area contributed by atoms with Gasteiger partial charge in [0, 0.05) is 5.56 Å². The number of nitrogens with one attached hydrogen (secondary N) is 1. The number of aromatic nitrogens is 3. The maximum absolute atomic E-state index is 12.2. The van der Waals surface area contributed by atoms with Crippen LogP contribution in [0.3, 0.4) is 0 Å². The second-order valence-corrected chi connectivity index (χ2v) is 5.19. The number of ether oxygens (including phenoxy) is 3. The number of rotatable bonds is 7. The van der Waals surface area contributed by atoms with Gasteiger partial charge in [-0.1, -0.05) is 5.21 Å². The van der Waals surface area contributed by atoms with Crippen molar-refractivity contribution in [2.24, 2.45) is 0 Å². The molecule has 1 amide bonds. The lowest BCUT2D eigenvalue weighted by Crippen LogP contribution is -2.30. The van der Waals surface area contributed by atoms with Gasteiger partial charge in [-0.3, -0.25) is 4.79 Å². The van der Waals surface area contributed by atoms with Crippen molar-refractivity contribution in [1.82, 2.24) is 20.3 Å². The Hall–Kier alpha value is -3.10. The Morgan fingerprint density at radius 1 is 1.24 bits per heavy atom. The molecule has 0 unspecified atom stereocenters. The fraction of sp³-hybridized carbons (Fsp3) is 0.375. The summed E-state index contributed by atoms with van der Waals surface area (Å²) in [5, 5.41) is 10.2. The first kappa shape index (κ1) is 18.2. The molecule has 1 aromatic heterocycles. The Morgan fingerprint density at radius 3 is 2.64 bits per heavy atom. The van der Waals surface area contributed by atoms with E-state index in [-0.39, 0.29) is 24.2 Å². The molecule has 0 aliphatic rings. The number of esters is 1. The monoisotopic (exact) mass is 348 g/mol. The molecule has 0 aliphatic heterocycles. The second-order valence-electron chi connectivity index (χ2n) is 5.19. The lowest BCUT2D eigenvalue weighted by molar-refractivity contribution is -0.122. The van der Waals surface area contributed by atoms with Crippen LogP contribution in [0.15, 0.2) is 24.4 Å². The van der Waals surface area contributed by atoms with Crippen LogP contribution < -0.4 is 14.8 Å². The Balaban J connectivity index is 2.05. The number of methoxy groups -OCH3 is 3. The molecule has 0 spiro atoms. The van der Waals surface area contributed by atoms with Crippen molar-refractivity contribution >= 4 is 11.9 Å². The minimum Gasteiger partial charge on any atom is -0.497 e. The fourth-order valence-electron chi connectivity index (χ4n) is 2.26. The van der Waals surface area contributed by atoms with Gasteiger partial charge in [-0.15, -0.1) is 5.10 Å². The summed E-state index contributed by atoms with van der Waals surface area (Å²) in [7, 11) is 4.37. The minimum absolute atomic E-state index is 0.0396. The van der Waals surface area contributed by atoms with Crippen LogP contribution in [0, 0.1) is 0 Å². The molecule has 2 aromatic rings. The highest BCUT2D eigenvalue weighted by Gasteiger charge is 2.17. The van der Waals surface area contributed by atoms with Gasteiger partial charge < -0.3 is 19.5 Å². The fourth-order valence-corrected chi connectivity index (χ4v) is 2.26. The molecule has 0 fully saturated rings. The van der Waals surface area contributed by atoms with Crippen LogP contribution in [-0.4, -0.2) is 48.2 Å². The minimum atomic E-state index is -0.610. The third-order valence-electron chi connectivity index (χ3n) is 3.52. The Labute approximate surface area is 144 Å². The molecule has 9 heteroatoms. The smallest absolute Gasteiger partial charge is 0.360 e. The lowest BCUT2D eigenvalue weighted by atomic mass is 10.1. The standard InChI is InChI=1S/C16H20N4O5/c1-10(12-7-11(23-2)5-6-14(12)24-3)17-15(21)9-20-8-13(18-19-20)16(22)25-4/h5-8,10H,9H2,1-4H3,(H,17,21)/t10-/m1/s1. The molecule has 134 valence electrons. The summed E-state index contributed by atoms with van der Waals surface area (Å²) in [5.74, 6) is 0.401. The highest BCUT2D eigenvalue weighted by Crippen LogP contribution is 2.29. The summed E-state index contributed by atoms with van der Waals surface area (Å²) in [5.41, 5.74) is 0.821. The van der Waals surface area contributed by atoms with E-state index in [2.05, 4.69) is 20.4 Å². The van der Waals surface area contributed by atoms with Gasteiger partial charge in [0.2, 0.25) is 5.91 Å². The average molecular weight is 348 g/mol. The van der Waals surface area contributed by atoms with Gasteiger partial charge in [-0.05, 0) is 25.1 Å². The molecule has 2 rings (SSSR count). The molecule has 9 nitrogen and oxygen atoms in total. The number of carbonyl (C=O) groups excluding carboxylic acids is 2. The third kappa shape index (κ3) is 4.46. The van der Waals surface area contributed by atoms with Crippen LogP contribution in [-0.2, 0) is 16.1 Å². The van der Waals surface area contributed by atoms with E-state index in [1.807, 2.05) is 6.92 Å². The van der Waals surface area contributed by atoms with E-state index in [4.69, 9.17) is 9.47 Å². The Morgan fingerprint density at radius 2 is 2.00 bits per heavy atom. The quantitative estimate of drug-likeness (QED) is 0.743. The second kappa shape index (κ2) is 8.13. The topological polar surface area (TPSA) is 105 Å². The maximum atomic E-state index is 12.2. The van der Waals surface area contributed by atoms with E-state index >= 15 is 0 Å². The number of amides is 1. The SMILES string of the molecule is COC(=O)c1cn(CC(=O)N[C@H](C)c2cc(OC)ccc2OC)nn1. The molecule has 1 atom stereocenters. The van der Waals surface area contributed by atoms with Crippen LogP contribution in [0.25, 0.3) is 0 Å². The first-order valence-electron chi connectivity index (χ1n) is 7.48. The number of hydrogen-bond acceptors (Lipinski definition) is 7. The molecule has 0 saturated carbocycles. The van der Waals surface area contributed by atoms with Crippen molar-refractivity contribution in [3.8, 4) is 11.5 Å². The molecule has 25 heavy (non-hydrogen) atoms. The van der Waals surface area contributed by atoms with Crippen molar-refractivity contribution < 1.29 is 23.8 Å². The van der Waals surface area contributed by atoms with E-state index in [1.54, 1.807) is 32.4 Å². The first-order valence-corrected chi connectivity index (χ1v) is 7.48. The predicted molar refractivity (Wildman–Crippen MR) is 87.5 cm³/mol. The zero-order valence-corrected chi connectivity index (χ0v) is 14.5. The molecular weight excluding hydrogens is 328 g/mol. The van der Waals surface area contributed by atoms with Gasteiger partial charge in [-0.25, -0.2) is 9.48 Å². The zero-order valence-electron chi connectivity index (χ0n) is 14.5. The normalized spacial score (nSPS) is 11.5. The van der Waals surface area contributed by atoms with Crippen molar-refractivity contribution in [3.05, 3.63) is 35.7 Å². The molecule has 1 N–H and O–H groups in total. The van der Waals surface area contributed by atoms with Gasteiger partial charge in [0.25, 0.3) is 0 Å². The van der Waals surface area contributed by atoms with Crippen molar-refractivity contribution in [1.29, 1.82) is 0 Å². The largest absolute Gasteiger partial charge is 0.497 e. The Kier molecular flexibility index (Phi) is 5.93. The van der Waals surface area contributed by atoms with E-state index in [9.17, 15) is 9.59 Å². The van der Waals surface area contributed by atoms with Crippen LogP contribution in [0.4, 0.5) is 0 Å². The van der Waals surface area contributed by atoms with E-state index in [0.717, 1.165) is 5.56 Å². The lowest BCUT2D eigenvalue weighted by Gasteiger charge is -2.18. The predicted octanol–water partition coefficient (Wildman–Crippen LogP) is 0.959. The number of hydrogen-bond donors (Lipinski definition) is 1. The van der Waals surface area contributed by atoms with Crippen molar-refractivity contribution in [3.63, 3.8) is 0 Å². The van der Waals surface area contributed by atoms with Crippen LogP contribution in [0.2, 0.25) is 0 Å². The summed E-state index contributed by atoms with van der Waals surface area (Å²) in [4.78, 5) is 23.6. The van der Waals surface area contributed by atoms with Crippen molar-refractivity contribution in [2.45, 2.75) is 19.5 Å². The van der Waals surface area contributed by atoms with Gasteiger partial charge in [-0.2, -0.15) is 0 Å². The summed E-state index contributed by atoms with van der Waals surface area (Å²) in [6, 6.07) is 5.03. The molecule has 1 aromatic carbocycles. The highest BCUT2D eigenvalue weighted by atomic mass is 16.5. The van der Waals surface area contributed by atoms with Gasteiger partial charge >= 0.3 is 5.97 Å².